The lowest BCUT2D eigenvalue weighted by molar-refractivity contribution is -0.138. The van der Waals surface area contributed by atoms with Gasteiger partial charge in [-0.15, -0.1) is 0 Å². The summed E-state index contributed by atoms with van der Waals surface area (Å²) in [5.41, 5.74) is 0.0628. The number of nitrogens with one attached hydrogen (secondary N) is 2. The van der Waals surface area contributed by atoms with Crippen LogP contribution in [0.5, 0.6) is 0 Å². The van der Waals surface area contributed by atoms with Gasteiger partial charge in [0.15, 0.2) is 0 Å². The number of amides is 1. The predicted molar refractivity (Wildman–Crippen MR) is 70.8 cm³/mol. The highest BCUT2D eigenvalue weighted by molar-refractivity contribution is 5.77. The molecule has 0 spiro atoms. The highest BCUT2D eigenvalue weighted by atomic mass is 16.5. The van der Waals surface area contributed by atoms with Crippen LogP contribution in [-0.2, 0) is 14.3 Å². The number of hydrogen-bond donors (Lipinski definition) is 2. The maximum atomic E-state index is 12.1. The van der Waals surface area contributed by atoms with Gasteiger partial charge in [-0.05, 0) is 6.42 Å². The summed E-state index contributed by atoms with van der Waals surface area (Å²) in [5.74, 6) is 0.640. The zero-order valence-corrected chi connectivity index (χ0v) is 11.8. The summed E-state index contributed by atoms with van der Waals surface area (Å²) in [6.07, 6.45) is 1.91. The third-order valence-electron chi connectivity index (χ3n) is 4.85. The van der Waals surface area contributed by atoms with Crippen molar-refractivity contribution in [1.82, 2.24) is 10.6 Å². The van der Waals surface area contributed by atoms with E-state index in [1.807, 2.05) is 0 Å². The van der Waals surface area contributed by atoms with Crippen LogP contribution in [0.2, 0.25) is 0 Å². The van der Waals surface area contributed by atoms with Crippen LogP contribution in [0, 0.1) is 11.3 Å². The fraction of sp³-hybridized carbons (Fsp3) is 0.929. The van der Waals surface area contributed by atoms with Gasteiger partial charge in [0.25, 0.3) is 0 Å². The fourth-order valence-corrected chi connectivity index (χ4v) is 3.82. The van der Waals surface area contributed by atoms with Crippen molar-refractivity contribution in [2.24, 2.45) is 11.3 Å². The molecule has 0 aromatic heterocycles. The summed E-state index contributed by atoms with van der Waals surface area (Å²) >= 11 is 0. The maximum Gasteiger partial charge on any atom is 0.221 e. The summed E-state index contributed by atoms with van der Waals surface area (Å²) in [6, 6.07) is 0.421. The molecule has 4 atom stereocenters. The number of rotatable bonds is 3. The molecule has 1 aliphatic carbocycles. The second-order valence-corrected chi connectivity index (χ2v) is 6.54. The van der Waals surface area contributed by atoms with Crippen molar-refractivity contribution in [1.29, 1.82) is 0 Å². The molecule has 5 nitrogen and oxygen atoms in total. The molecule has 0 aromatic rings. The van der Waals surface area contributed by atoms with Gasteiger partial charge in [0.2, 0.25) is 5.91 Å². The van der Waals surface area contributed by atoms with Gasteiger partial charge in [-0.25, -0.2) is 0 Å². The molecule has 3 fully saturated rings. The number of carbonyl (C=O) groups excluding carboxylic acids is 1. The van der Waals surface area contributed by atoms with E-state index in [9.17, 15) is 4.79 Å². The number of carbonyl (C=O) groups is 1. The minimum atomic E-state index is 0.0628. The topological polar surface area (TPSA) is 59.6 Å². The van der Waals surface area contributed by atoms with Gasteiger partial charge in [0.05, 0.1) is 19.3 Å². The van der Waals surface area contributed by atoms with Gasteiger partial charge in [-0.3, -0.25) is 4.79 Å². The van der Waals surface area contributed by atoms with Crippen LogP contribution in [0.4, 0.5) is 0 Å². The van der Waals surface area contributed by atoms with Crippen molar-refractivity contribution in [3.05, 3.63) is 0 Å². The Balaban J connectivity index is 1.52. The highest BCUT2D eigenvalue weighted by Gasteiger charge is 2.59. The summed E-state index contributed by atoms with van der Waals surface area (Å²) < 4.78 is 11.1. The van der Waals surface area contributed by atoms with Gasteiger partial charge in [0.1, 0.15) is 0 Å². The van der Waals surface area contributed by atoms with Crippen LogP contribution in [0.15, 0.2) is 0 Å². The lowest BCUT2D eigenvalue weighted by Crippen LogP contribution is -2.67. The van der Waals surface area contributed by atoms with Crippen LogP contribution in [-0.4, -0.2) is 50.5 Å². The van der Waals surface area contributed by atoms with Gasteiger partial charge >= 0.3 is 0 Å². The average molecular weight is 268 g/mol. The molecule has 3 aliphatic rings. The minimum absolute atomic E-state index is 0.0628. The second kappa shape index (κ2) is 5.04. The first-order chi connectivity index (χ1) is 9.09. The number of morpholine rings is 1. The molecule has 19 heavy (non-hydrogen) atoms. The van der Waals surface area contributed by atoms with E-state index in [-0.39, 0.29) is 23.4 Å². The van der Waals surface area contributed by atoms with Gasteiger partial charge in [-0.1, -0.05) is 13.8 Å². The van der Waals surface area contributed by atoms with Crippen molar-refractivity contribution in [3.8, 4) is 0 Å². The number of ether oxygens (including phenoxy) is 2. The number of hydrogen-bond acceptors (Lipinski definition) is 4. The zero-order chi connectivity index (χ0) is 13.5. The lowest BCUT2D eigenvalue weighted by atomic mass is 9.57. The Labute approximate surface area is 114 Å². The normalized spacial score (nSPS) is 40.3. The summed E-state index contributed by atoms with van der Waals surface area (Å²) in [6.45, 7) is 7.43. The molecule has 0 aromatic carbocycles. The highest BCUT2D eigenvalue weighted by Crippen LogP contribution is 2.52. The van der Waals surface area contributed by atoms with E-state index in [0.29, 0.717) is 25.0 Å². The molecule has 3 rings (SSSR count). The maximum absolute atomic E-state index is 12.1. The quantitative estimate of drug-likeness (QED) is 0.772. The Bertz CT molecular complexity index is 353. The van der Waals surface area contributed by atoms with E-state index < -0.39 is 0 Å². The van der Waals surface area contributed by atoms with Crippen molar-refractivity contribution in [3.63, 3.8) is 0 Å². The Morgan fingerprint density at radius 1 is 1.42 bits per heavy atom. The Hall–Kier alpha value is -0.650. The van der Waals surface area contributed by atoms with Gasteiger partial charge in [0, 0.05) is 43.0 Å². The van der Waals surface area contributed by atoms with Crippen LogP contribution in [0.3, 0.4) is 0 Å². The van der Waals surface area contributed by atoms with Crippen LogP contribution >= 0.6 is 0 Å². The van der Waals surface area contributed by atoms with E-state index in [4.69, 9.17) is 9.47 Å². The summed E-state index contributed by atoms with van der Waals surface area (Å²) in [4.78, 5) is 12.1. The molecule has 2 aliphatic heterocycles. The van der Waals surface area contributed by atoms with Crippen LogP contribution in [0.1, 0.15) is 26.7 Å². The average Bonchev–Trinajstić information content (AvgIpc) is 2.84. The molecule has 2 heterocycles. The largest absolute Gasteiger partial charge is 0.378 e. The Morgan fingerprint density at radius 3 is 3.00 bits per heavy atom. The Kier molecular flexibility index (Phi) is 3.53. The Morgan fingerprint density at radius 2 is 2.26 bits per heavy atom. The van der Waals surface area contributed by atoms with E-state index in [1.165, 1.54) is 0 Å². The molecular weight excluding hydrogens is 244 g/mol. The van der Waals surface area contributed by atoms with Crippen molar-refractivity contribution >= 4 is 5.91 Å². The van der Waals surface area contributed by atoms with Crippen LogP contribution in [0.25, 0.3) is 0 Å². The smallest absolute Gasteiger partial charge is 0.221 e. The first-order valence-electron chi connectivity index (χ1n) is 7.31. The monoisotopic (exact) mass is 268 g/mol. The summed E-state index contributed by atoms with van der Waals surface area (Å²) in [7, 11) is 0. The number of fused-ring (bicyclic) bond motifs is 1. The first-order valence-corrected chi connectivity index (χ1v) is 7.31. The standard InChI is InChI=1S/C14H24N2O3/c1-14(2)12(10-3-5-19-13(10)14)16-11(17)7-9-8-18-6-4-15-9/h9-10,12-13,15H,3-8H2,1-2H3,(H,16,17). The molecular formula is C14H24N2O3. The van der Waals surface area contributed by atoms with E-state index >= 15 is 0 Å². The molecule has 1 saturated carbocycles. The van der Waals surface area contributed by atoms with Gasteiger partial charge < -0.3 is 20.1 Å². The minimum Gasteiger partial charge on any atom is -0.378 e. The first kappa shape index (κ1) is 13.3. The predicted octanol–water partition coefficient (Wildman–Crippen LogP) is 0.295. The molecule has 0 bridgehead atoms. The molecule has 2 saturated heterocycles. The van der Waals surface area contributed by atoms with Gasteiger partial charge in [-0.2, -0.15) is 0 Å². The SMILES string of the molecule is CC1(C)C(NC(=O)CC2COCCN2)C2CCOC21. The zero-order valence-electron chi connectivity index (χ0n) is 11.8. The molecule has 108 valence electrons. The van der Waals surface area contributed by atoms with Crippen LogP contribution < -0.4 is 10.6 Å². The molecule has 1 amide bonds. The van der Waals surface area contributed by atoms with Crippen molar-refractivity contribution in [2.45, 2.75) is 44.9 Å². The third-order valence-corrected chi connectivity index (χ3v) is 4.85. The molecule has 4 unspecified atom stereocenters. The molecule has 5 heteroatoms. The van der Waals surface area contributed by atoms with E-state index in [2.05, 4.69) is 24.5 Å². The van der Waals surface area contributed by atoms with E-state index in [1.54, 1.807) is 0 Å². The molecule has 2 N–H and O–H groups in total. The lowest BCUT2D eigenvalue weighted by Gasteiger charge is -2.54. The second-order valence-electron chi connectivity index (χ2n) is 6.54. The third kappa shape index (κ3) is 2.39. The van der Waals surface area contributed by atoms with E-state index in [0.717, 1.165) is 26.2 Å². The molecule has 0 radical (unpaired) electrons. The van der Waals surface area contributed by atoms with Crippen molar-refractivity contribution < 1.29 is 14.3 Å². The summed E-state index contributed by atoms with van der Waals surface area (Å²) in [5, 5.41) is 6.53. The fourth-order valence-electron chi connectivity index (χ4n) is 3.82. The van der Waals surface area contributed by atoms with Crippen molar-refractivity contribution in [2.75, 3.05) is 26.4 Å².